The molecule has 0 amide bonds. The molecule has 0 aliphatic rings. The molecule has 6 heteroatoms. The van der Waals surface area contributed by atoms with E-state index in [1.807, 2.05) is 0 Å². The van der Waals surface area contributed by atoms with Gasteiger partial charge < -0.3 is 15.2 Å². The third-order valence-electron chi connectivity index (χ3n) is 1.42. The van der Waals surface area contributed by atoms with Crippen LogP contribution < -0.4 is 5.73 Å². The lowest BCUT2D eigenvalue weighted by molar-refractivity contribution is -0.159. The molecule has 0 aromatic rings. The summed E-state index contributed by atoms with van der Waals surface area (Å²) in [6.45, 7) is 0. The summed E-state index contributed by atoms with van der Waals surface area (Å²) in [7, 11) is 2.20. The van der Waals surface area contributed by atoms with E-state index in [4.69, 9.17) is 11.0 Å². The standard InChI is InChI=1S/C7H10N2O4/c1-12-6(10)5(4(9)3-8)7(11)13-2/h4-5H,9H2,1-2H3. The van der Waals surface area contributed by atoms with E-state index >= 15 is 0 Å². The quantitative estimate of drug-likeness (QED) is 0.438. The minimum atomic E-state index is -1.38. The van der Waals surface area contributed by atoms with E-state index in [1.165, 1.54) is 0 Å². The number of carbonyl (C=O) groups excluding carboxylic acids is 2. The number of methoxy groups -OCH3 is 2. The van der Waals surface area contributed by atoms with Gasteiger partial charge in [-0.1, -0.05) is 0 Å². The maximum absolute atomic E-state index is 11.0. The first-order valence-electron chi connectivity index (χ1n) is 3.39. The summed E-state index contributed by atoms with van der Waals surface area (Å²) in [4.78, 5) is 21.9. The second-order valence-corrected chi connectivity index (χ2v) is 2.18. The molecule has 0 heterocycles. The Morgan fingerprint density at radius 3 is 1.92 bits per heavy atom. The fraction of sp³-hybridized carbons (Fsp3) is 0.571. The average molecular weight is 186 g/mol. The lowest BCUT2D eigenvalue weighted by atomic mass is 10.0. The maximum Gasteiger partial charge on any atom is 0.322 e. The van der Waals surface area contributed by atoms with E-state index in [1.54, 1.807) is 6.07 Å². The monoisotopic (exact) mass is 186 g/mol. The summed E-state index contributed by atoms with van der Waals surface area (Å²) < 4.78 is 8.57. The Bertz CT molecular complexity index is 229. The molecule has 72 valence electrons. The van der Waals surface area contributed by atoms with Crippen molar-refractivity contribution >= 4 is 11.9 Å². The van der Waals surface area contributed by atoms with Crippen molar-refractivity contribution in [3.63, 3.8) is 0 Å². The van der Waals surface area contributed by atoms with Crippen molar-refractivity contribution in [2.45, 2.75) is 6.04 Å². The van der Waals surface area contributed by atoms with Gasteiger partial charge in [-0.15, -0.1) is 0 Å². The van der Waals surface area contributed by atoms with E-state index in [9.17, 15) is 9.59 Å². The minimum Gasteiger partial charge on any atom is -0.468 e. The zero-order valence-corrected chi connectivity index (χ0v) is 7.31. The first kappa shape index (κ1) is 11.4. The van der Waals surface area contributed by atoms with Gasteiger partial charge in [-0.2, -0.15) is 5.26 Å². The van der Waals surface area contributed by atoms with Crippen LogP contribution in [0, 0.1) is 17.2 Å². The molecule has 0 rings (SSSR count). The van der Waals surface area contributed by atoms with Gasteiger partial charge in [0.25, 0.3) is 0 Å². The highest BCUT2D eigenvalue weighted by molar-refractivity contribution is 5.96. The fourth-order valence-corrected chi connectivity index (χ4v) is 0.718. The molecule has 0 aromatic heterocycles. The van der Waals surface area contributed by atoms with Gasteiger partial charge in [-0.3, -0.25) is 9.59 Å². The molecule has 0 aliphatic heterocycles. The first-order chi connectivity index (χ1) is 6.08. The Hall–Kier alpha value is -1.61. The van der Waals surface area contributed by atoms with Gasteiger partial charge in [-0.25, -0.2) is 0 Å². The van der Waals surface area contributed by atoms with Crippen molar-refractivity contribution in [3.05, 3.63) is 0 Å². The van der Waals surface area contributed by atoms with E-state index < -0.39 is 23.9 Å². The summed E-state index contributed by atoms with van der Waals surface area (Å²) in [5, 5.41) is 8.40. The van der Waals surface area contributed by atoms with Gasteiger partial charge in [0, 0.05) is 0 Å². The number of nitrogens with zero attached hydrogens (tertiary/aromatic N) is 1. The normalized spacial score (nSPS) is 11.6. The van der Waals surface area contributed by atoms with E-state index in [-0.39, 0.29) is 0 Å². The Morgan fingerprint density at radius 1 is 1.31 bits per heavy atom. The van der Waals surface area contributed by atoms with Crippen molar-refractivity contribution in [3.8, 4) is 6.07 Å². The molecule has 0 aliphatic carbocycles. The summed E-state index contributed by atoms with van der Waals surface area (Å²) in [5.74, 6) is -3.12. The number of nitriles is 1. The van der Waals surface area contributed by atoms with Crippen molar-refractivity contribution in [1.82, 2.24) is 0 Å². The Labute approximate surface area is 75.2 Å². The zero-order valence-electron chi connectivity index (χ0n) is 7.31. The SMILES string of the molecule is COC(=O)C(C(=O)OC)C(N)C#N. The number of ether oxygens (including phenoxy) is 2. The summed E-state index contributed by atoms with van der Waals surface area (Å²) in [6, 6.07) is 0.321. The van der Waals surface area contributed by atoms with Crippen LogP contribution in [0.15, 0.2) is 0 Å². The van der Waals surface area contributed by atoms with E-state index in [0.717, 1.165) is 14.2 Å². The van der Waals surface area contributed by atoms with Crippen LogP contribution in [0.2, 0.25) is 0 Å². The molecule has 0 saturated carbocycles. The van der Waals surface area contributed by atoms with Crippen LogP contribution >= 0.6 is 0 Å². The highest BCUT2D eigenvalue weighted by atomic mass is 16.5. The van der Waals surface area contributed by atoms with Crippen LogP contribution in [0.3, 0.4) is 0 Å². The third-order valence-corrected chi connectivity index (χ3v) is 1.42. The van der Waals surface area contributed by atoms with Gasteiger partial charge in [-0.05, 0) is 0 Å². The predicted molar refractivity (Wildman–Crippen MR) is 41.1 cm³/mol. The molecule has 0 bridgehead atoms. The Kier molecular flexibility index (Phi) is 4.48. The number of nitrogens with two attached hydrogens (primary N) is 1. The number of hydrogen-bond donors (Lipinski definition) is 1. The van der Waals surface area contributed by atoms with Crippen molar-refractivity contribution < 1.29 is 19.1 Å². The Morgan fingerprint density at radius 2 is 1.69 bits per heavy atom. The van der Waals surface area contributed by atoms with Crippen molar-refractivity contribution in [2.24, 2.45) is 11.7 Å². The van der Waals surface area contributed by atoms with Crippen molar-refractivity contribution in [2.75, 3.05) is 14.2 Å². The smallest absolute Gasteiger partial charge is 0.322 e. The lowest BCUT2D eigenvalue weighted by Gasteiger charge is -2.13. The van der Waals surface area contributed by atoms with E-state index in [0.29, 0.717) is 0 Å². The summed E-state index contributed by atoms with van der Waals surface area (Å²) >= 11 is 0. The second-order valence-electron chi connectivity index (χ2n) is 2.18. The van der Waals surface area contributed by atoms with E-state index in [2.05, 4.69) is 9.47 Å². The molecule has 0 radical (unpaired) electrons. The van der Waals surface area contributed by atoms with Crippen LogP contribution in [0.1, 0.15) is 0 Å². The highest BCUT2D eigenvalue weighted by Crippen LogP contribution is 2.05. The van der Waals surface area contributed by atoms with Gasteiger partial charge in [0.05, 0.1) is 20.3 Å². The largest absolute Gasteiger partial charge is 0.468 e. The molecule has 1 atom stereocenters. The van der Waals surface area contributed by atoms with Crippen LogP contribution in [0.5, 0.6) is 0 Å². The molecule has 13 heavy (non-hydrogen) atoms. The Balaban J connectivity index is 4.66. The molecule has 0 aromatic carbocycles. The van der Waals surface area contributed by atoms with Gasteiger partial charge >= 0.3 is 11.9 Å². The number of carbonyl (C=O) groups is 2. The van der Waals surface area contributed by atoms with Gasteiger partial charge in [0.1, 0.15) is 6.04 Å². The average Bonchev–Trinajstić information content (AvgIpc) is 2.16. The molecule has 2 N–H and O–H groups in total. The van der Waals surface area contributed by atoms with Crippen LogP contribution in [0.25, 0.3) is 0 Å². The zero-order chi connectivity index (χ0) is 10.4. The molecule has 0 fully saturated rings. The molecular formula is C7H10N2O4. The van der Waals surface area contributed by atoms with Crippen LogP contribution in [0.4, 0.5) is 0 Å². The number of rotatable bonds is 3. The lowest BCUT2D eigenvalue weighted by Crippen LogP contribution is -2.41. The minimum absolute atomic E-state index is 0.874. The summed E-state index contributed by atoms with van der Waals surface area (Å²) in [5.41, 5.74) is 5.21. The molecule has 0 spiro atoms. The number of hydrogen-bond acceptors (Lipinski definition) is 6. The maximum atomic E-state index is 11.0. The second kappa shape index (κ2) is 5.11. The first-order valence-corrected chi connectivity index (χ1v) is 3.39. The highest BCUT2D eigenvalue weighted by Gasteiger charge is 2.34. The molecular weight excluding hydrogens is 176 g/mol. The van der Waals surface area contributed by atoms with Gasteiger partial charge in [0.15, 0.2) is 5.92 Å². The summed E-state index contributed by atoms with van der Waals surface area (Å²) in [6.07, 6.45) is 0. The van der Waals surface area contributed by atoms with Crippen molar-refractivity contribution in [1.29, 1.82) is 5.26 Å². The fourth-order valence-electron chi connectivity index (χ4n) is 0.718. The molecule has 6 nitrogen and oxygen atoms in total. The predicted octanol–water partition coefficient (Wildman–Crippen LogP) is -1.20. The third kappa shape index (κ3) is 2.72. The van der Waals surface area contributed by atoms with Crippen LogP contribution in [-0.4, -0.2) is 32.2 Å². The topological polar surface area (TPSA) is 102 Å². The molecule has 1 unspecified atom stereocenters. The number of esters is 2. The van der Waals surface area contributed by atoms with Gasteiger partial charge in [0.2, 0.25) is 0 Å². The molecule has 0 saturated heterocycles. The van der Waals surface area contributed by atoms with Crippen LogP contribution in [-0.2, 0) is 19.1 Å².